The summed E-state index contributed by atoms with van der Waals surface area (Å²) in [5.74, 6) is -0.599. The van der Waals surface area contributed by atoms with Gasteiger partial charge in [-0.3, -0.25) is 4.57 Å². The summed E-state index contributed by atoms with van der Waals surface area (Å²) in [6.07, 6.45) is 0.421. The maximum Gasteiger partial charge on any atom is 0.446 e. The van der Waals surface area contributed by atoms with Crippen molar-refractivity contribution in [2.24, 2.45) is 5.73 Å². The van der Waals surface area contributed by atoms with E-state index in [0.29, 0.717) is 0 Å². The number of nitrogens with one attached hydrogen (secondary N) is 2. The first-order valence-electron chi connectivity index (χ1n) is 10.1. The summed E-state index contributed by atoms with van der Waals surface area (Å²) in [5, 5.41) is 5.18. The van der Waals surface area contributed by atoms with Crippen LogP contribution in [-0.4, -0.2) is 41.1 Å². The standard InChI is InChI=1S/C22H22F4N4O4S/c1-21(2,27)11-33-12-34-20(32)30-10-17(16-9-13(23)3-8-18(16)30)29-19(31)28-14-4-6-15(7-5-14)35-22(24,25)26/h3-10H,11-12,27H2,1-2H3,(H2,28,29,31). The number of carbonyl (C=O) groups excluding carboxylic acids is 2. The van der Waals surface area contributed by atoms with Crippen LogP contribution < -0.4 is 16.4 Å². The van der Waals surface area contributed by atoms with Crippen LogP contribution in [-0.2, 0) is 9.47 Å². The van der Waals surface area contributed by atoms with Crippen molar-refractivity contribution >= 4 is 46.2 Å². The van der Waals surface area contributed by atoms with E-state index < -0.39 is 29.0 Å². The number of amides is 2. The molecule has 3 aromatic rings. The lowest BCUT2D eigenvalue weighted by molar-refractivity contribution is -0.0328. The zero-order valence-corrected chi connectivity index (χ0v) is 19.4. The number of ether oxygens (including phenoxy) is 2. The van der Waals surface area contributed by atoms with E-state index in [2.05, 4.69) is 10.6 Å². The highest BCUT2D eigenvalue weighted by Crippen LogP contribution is 2.37. The van der Waals surface area contributed by atoms with Gasteiger partial charge >= 0.3 is 17.6 Å². The fourth-order valence-corrected chi connectivity index (χ4v) is 3.48. The number of nitrogens with zero attached hydrogens (tertiary/aromatic N) is 1. The van der Waals surface area contributed by atoms with Crippen molar-refractivity contribution in [2.45, 2.75) is 29.8 Å². The van der Waals surface area contributed by atoms with Crippen molar-refractivity contribution in [1.82, 2.24) is 4.57 Å². The molecule has 4 N–H and O–H groups in total. The average Bonchev–Trinajstić information content (AvgIpc) is 3.08. The van der Waals surface area contributed by atoms with Crippen molar-refractivity contribution in [2.75, 3.05) is 24.0 Å². The summed E-state index contributed by atoms with van der Waals surface area (Å²) in [7, 11) is 0. The van der Waals surface area contributed by atoms with Crippen molar-refractivity contribution < 1.29 is 36.6 Å². The number of nitrogens with two attached hydrogens (primary N) is 1. The highest BCUT2D eigenvalue weighted by molar-refractivity contribution is 8.00. The Kier molecular flexibility index (Phi) is 7.93. The lowest BCUT2D eigenvalue weighted by atomic mass is 10.1. The first kappa shape index (κ1) is 26.3. The molecule has 1 heterocycles. The van der Waals surface area contributed by atoms with Gasteiger partial charge in [-0.2, -0.15) is 13.2 Å². The summed E-state index contributed by atoms with van der Waals surface area (Å²) < 4.78 is 62.6. The molecule has 0 fully saturated rings. The van der Waals surface area contributed by atoms with Crippen LogP contribution in [0.2, 0.25) is 0 Å². The van der Waals surface area contributed by atoms with E-state index in [-0.39, 0.29) is 52.3 Å². The summed E-state index contributed by atoms with van der Waals surface area (Å²) in [5.41, 5.74) is 1.33. The minimum absolute atomic E-state index is 0.0421. The lowest BCUT2D eigenvalue weighted by Crippen LogP contribution is -2.37. The molecule has 2 amide bonds. The van der Waals surface area contributed by atoms with Crippen LogP contribution in [0.5, 0.6) is 0 Å². The average molecular weight is 515 g/mol. The minimum Gasteiger partial charge on any atom is -0.422 e. The van der Waals surface area contributed by atoms with Gasteiger partial charge in [0, 0.05) is 27.7 Å². The smallest absolute Gasteiger partial charge is 0.422 e. The Morgan fingerprint density at radius 2 is 1.77 bits per heavy atom. The zero-order valence-electron chi connectivity index (χ0n) is 18.6. The van der Waals surface area contributed by atoms with E-state index in [1.54, 1.807) is 13.8 Å². The molecule has 0 bridgehead atoms. The highest BCUT2D eigenvalue weighted by atomic mass is 32.2. The molecule has 0 spiro atoms. The number of halogens is 4. The van der Waals surface area contributed by atoms with Crippen molar-refractivity contribution in [3.05, 3.63) is 54.5 Å². The molecule has 8 nitrogen and oxygen atoms in total. The second kappa shape index (κ2) is 10.5. The third-order valence-electron chi connectivity index (χ3n) is 4.30. The number of carbonyl (C=O) groups is 2. The van der Waals surface area contributed by atoms with E-state index in [9.17, 15) is 27.2 Å². The van der Waals surface area contributed by atoms with Gasteiger partial charge in [0.15, 0.2) is 6.79 Å². The number of fused-ring (bicyclic) bond motifs is 1. The van der Waals surface area contributed by atoms with Gasteiger partial charge in [0.1, 0.15) is 5.82 Å². The quantitative estimate of drug-likeness (QED) is 0.161. The minimum atomic E-state index is -4.43. The van der Waals surface area contributed by atoms with Crippen LogP contribution in [0.3, 0.4) is 0 Å². The topological polar surface area (TPSA) is 108 Å². The number of hydrogen-bond acceptors (Lipinski definition) is 6. The SMILES string of the molecule is CC(C)(N)COCOC(=O)n1cc(NC(=O)Nc2ccc(SC(F)(F)F)cc2)c2cc(F)ccc21. The number of urea groups is 1. The monoisotopic (exact) mass is 514 g/mol. The van der Waals surface area contributed by atoms with Crippen molar-refractivity contribution in [3.8, 4) is 0 Å². The normalized spacial score (nSPS) is 12.0. The molecule has 3 rings (SSSR count). The molecule has 0 unspecified atom stereocenters. The zero-order chi connectivity index (χ0) is 25.8. The van der Waals surface area contributed by atoms with Crippen LogP contribution >= 0.6 is 11.8 Å². The number of aromatic nitrogens is 1. The summed E-state index contributed by atoms with van der Waals surface area (Å²) in [4.78, 5) is 24.9. The predicted molar refractivity (Wildman–Crippen MR) is 124 cm³/mol. The highest BCUT2D eigenvalue weighted by Gasteiger charge is 2.29. The summed E-state index contributed by atoms with van der Waals surface area (Å²) >= 11 is -0.278. The second-order valence-corrected chi connectivity index (χ2v) is 9.23. The molecule has 0 saturated heterocycles. The molecule has 0 saturated carbocycles. The Morgan fingerprint density at radius 1 is 1.09 bits per heavy atom. The second-order valence-electron chi connectivity index (χ2n) is 8.09. The molecule has 2 aromatic carbocycles. The predicted octanol–water partition coefficient (Wildman–Crippen LogP) is 5.73. The Morgan fingerprint density at radius 3 is 2.40 bits per heavy atom. The van der Waals surface area contributed by atoms with Gasteiger partial charge in [-0.1, -0.05) is 0 Å². The van der Waals surface area contributed by atoms with E-state index >= 15 is 0 Å². The van der Waals surface area contributed by atoms with Crippen LogP contribution in [0.25, 0.3) is 10.9 Å². The van der Waals surface area contributed by atoms with Gasteiger partial charge in [-0.05, 0) is 68.1 Å². The Hall–Kier alpha value is -3.29. The number of alkyl halides is 3. The number of hydrogen-bond donors (Lipinski definition) is 3. The summed E-state index contributed by atoms with van der Waals surface area (Å²) in [6.45, 7) is 3.25. The largest absolute Gasteiger partial charge is 0.446 e. The first-order chi connectivity index (χ1) is 16.3. The molecular weight excluding hydrogens is 492 g/mol. The summed E-state index contributed by atoms with van der Waals surface area (Å²) in [6, 6.07) is 7.88. The molecule has 188 valence electrons. The van der Waals surface area contributed by atoms with Gasteiger partial charge < -0.3 is 25.8 Å². The van der Waals surface area contributed by atoms with Gasteiger partial charge in [-0.25, -0.2) is 14.0 Å². The molecule has 0 radical (unpaired) electrons. The van der Waals surface area contributed by atoms with Gasteiger partial charge in [-0.15, -0.1) is 0 Å². The number of benzene rings is 2. The molecular formula is C22H22F4N4O4S. The van der Waals surface area contributed by atoms with E-state index in [0.717, 1.165) is 16.7 Å². The van der Waals surface area contributed by atoms with Gasteiger partial charge in [0.25, 0.3) is 0 Å². The Labute approximate surface area is 201 Å². The van der Waals surface area contributed by atoms with Crippen LogP contribution in [0, 0.1) is 5.82 Å². The van der Waals surface area contributed by atoms with Crippen LogP contribution in [0.1, 0.15) is 13.8 Å². The van der Waals surface area contributed by atoms with E-state index in [1.165, 1.54) is 36.5 Å². The number of anilines is 2. The van der Waals surface area contributed by atoms with E-state index in [4.69, 9.17) is 15.2 Å². The van der Waals surface area contributed by atoms with Gasteiger partial charge in [0.05, 0.1) is 17.8 Å². The fourth-order valence-electron chi connectivity index (χ4n) is 2.94. The third kappa shape index (κ3) is 7.87. The molecule has 0 aliphatic rings. The fraction of sp³-hybridized carbons (Fsp3) is 0.273. The van der Waals surface area contributed by atoms with Crippen molar-refractivity contribution in [3.63, 3.8) is 0 Å². The molecule has 0 aliphatic heterocycles. The molecule has 0 atom stereocenters. The Balaban J connectivity index is 1.71. The maximum absolute atomic E-state index is 13.9. The number of rotatable bonds is 7. The molecule has 35 heavy (non-hydrogen) atoms. The molecule has 1 aromatic heterocycles. The first-order valence-corrected chi connectivity index (χ1v) is 10.9. The van der Waals surface area contributed by atoms with Crippen molar-refractivity contribution in [1.29, 1.82) is 0 Å². The van der Waals surface area contributed by atoms with E-state index in [1.807, 2.05) is 0 Å². The van der Waals surface area contributed by atoms with Crippen LogP contribution in [0.15, 0.2) is 53.6 Å². The third-order valence-corrected chi connectivity index (χ3v) is 5.04. The van der Waals surface area contributed by atoms with Gasteiger partial charge in [0.2, 0.25) is 0 Å². The maximum atomic E-state index is 13.9. The number of thioether (sulfide) groups is 1. The molecule has 13 heteroatoms. The van der Waals surface area contributed by atoms with Crippen LogP contribution in [0.4, 0.5) is 38.5 Å². The molecule has 0 aliphatic carbocycles. The lowest BCUT2D eigenvalue weighted by Gasteiger charge is -2.18. The Bertz CT molecular complexity index is 1210.